The summed E-state index contributed by atoms with van der Waals surface area (Å²) in [6, 6.07) is 12.8. The monoisotopic (exact) mass is 410 g/mol. The normalized spacial score (nSPS) is 14.4. The van der Waals surface area contributed by atoms with Gasteiger partial charge in [0, 0.05) is 12.5 Å². The largest absolute Gasteiger partial charge is 0.464 e. The second-order valence-electron chi connectivity index (χ2n) is 6.91. The average Bonchev–Trinajstić information content (AvgIpc) is 3.20. The summed E-state index contributed by atoms with van der Waals surface area (Å²) in [6.07, 6.45) is 3.41. The third kappa shape index (κ3) is 4.24. The number of carbonyl (C=O) groups excluding carboxylic acids is 2. The molecule has 1 fully saturated rings. The van der Waals surface area contributed by atoms with Crippen LogP contribution in [0.2, 0.25) is 0 Å². The lowest BCUT2D eigenvalue weighted by Gasteiger charge is -2.30. The van der Waals surface area contributed by atoms with E-state index in [1.807, 2.05) is 47.8 Å². The minimum absolute atomic E-state index is 0.00787. The Balaban J connectivity index is 1.68. The van der Waals surface area contributed by atoms with Crippen molar-refractivity contribution in [1.82, 2.24) is 9.88 Å². The van der Waals surface area contributed by atoms with Crippen molar-refractivity contribution in [2.75, 3.05) is 6.61 Å². The molecular weight excluding hydrogens is 388 g/mol. The second kappa shape index (κ2) is 8.61. The Morgan fingerprint density at radius 2 is 2.03 bits per heavy atom. The highest BCUT2D eigenvalue weighted by Gasteiger charge is 2.43. The molecule has 3 aromatic rings. The molecule has 1 unspecified atom stereocenters. The van der Waals surface area contributed by atoms with Crippen molar-refractivity contribution in [3.63, 3.8) is 0 Å². The van der Waals surface area contributed by atoms with Crippen molar-refractivity contribution in [2.45, 2.75) is 38.3 Å². The molecule has 7 heteroatoms. The number of ether oxygens (including phenoxy) is 1. The minimum atomic E-state index is -0.703. The van der Waals surface area contributed by atoms with Gasteiger partial charge in [-0.1, -0.05) is 36.4 Å². The zero-order chi connectivity index (χ0) is 20.2. The van der Waals surface area contributed by atoms with Crippen LogP contribution in [0.4, 0.5) is 0 Å². The number of esters is 1. The van der Waals surface area contributed by atoms with Gasteiger partial charge >= 0.3 is 5.97 Å². The van der Waals surface area contributed by atoms with E-state index in [1.54, 1.807) is 11.8 Å². The van der Waals surface area contributed by atoms with Gasteiger partial charge in [0.15, 0.2) is 17.8 Å². The number of carbonyl (C=O) groups is 2. The lowest BCUT2D eigenvalue weighted by Crippen LogP contribution is -2.48. The number of hydrogen-bond acceptors (Lipinski definition) is 6. The summed E-state index contributed by atoms with van der Waals surface area (Å²) in [4.78, 5) is 33.1. The van der Waals surface area contributed by atoms with Gasteiger partial charge in [0.2, 0.25) is 0 Å². The van der Waals surface area contributed by atoms with Crippen LogP contribution >= 0.6 is 11.3 Å². The van der Waals surface area contributed by atoms with Crippen LogP contribution in [0.3, 0.4) is 0 Å². The van der Waals surface area contributed by atoms with E-state index < -0.39 is 12.0 Å². The summed E-state index contributed by atoms with van der Waals surface area (Å²) in [5.41, 5.74) is 1.21. The fraction of sp³-hybridized carbons (Fsp3) is 0.318. The SMILES string of the molecule is CCOC(=O)C(Cc1ccccc1)N(C(=O)c1ncoc1-c1cccs1)C1CC1. The summed E-state index contributed by atoms with van der Waals surface area (Å²) < 4.78 is 10.9. The van der Waals surface area contributed by atoms with Crippen LogP contribution in [0.5, 0.6) is 0 Å². The molecule has 1 aliphatic rings. The van der Waals surface area contributed by atoms with E-state index in [1.165, 1.54) is 17.7 Å². The Morgan fingerprint density at radius 3 is 2.69 bits per heavy atom. The summed E-state index contributed by atoms with van der Waals surface area (Å²) in [6.45, 7) is 2.04. The first-order valence-electron chi connectivity index (χ1n) is 9.69. The molecule has 0 aliphatic heterocycles. The smallest absolute Gasteiger partial charge is 0.329 e. The molecule has 1 saturated carbocycles. The Bertz CT molecular complexity index is 964. The molecular formula is C22H22N2O4S. The first kappa shape index (κ1) is 19.4. The van der Waals surface area contributed by atoms with Gasteiger partial charge in [0.05, 0.1) is 11.5 Å². The zero-order valence-corrected chi connectivity index (χ0v) is 16.9. The van der Waals surface area contributed by atoms with Crippen molar-refractivity contribution in [1.29, 1.82) is 0 Å². The number of amides is 1. The quantitative estimate of drug-likeness (QED) is 0.521. The number of rotatable bonds is 8. The predicted octanol–water partition coefficient (Wildman–Crippen LogP) is 4.18. The third-order valence-electron chi connectivity index (χ3n) is 4.86. The summed E-state index contributed by atoms with van der Waals surface area (Å²) >= 11 is 1.48. The predicted molar refractivity (Wildman–Crippen MR) is 110 cm³/mol. The third-order valence-corrected chi connectivity index (χ3v) is 5.72. The van der Waals surface area contributed by atoms with Crippen molar-refractivity contribution >= 4 is 23.2 Å². The molecule has 2 heterocycles. The van der Waals surface area contributed by atoms with Crippen molar-refractivity contribution in [2.24, 2.45) is 0 Å². The molecule has 1 aliphatic carbocycles. The van der Waals surface area contributed by atoms with Gasteiger partial charge in [-0.2, -0.15) is 0 Å². The van der Waals surface area contributed by atoms with Crippen LogP contribution in [0, 0.1) is 0 Å². The van der Waals surface area contributed by atoms with Crippen molar-refractivity contribution < 1.29 is 18.7 Å². The molecule has 1 atom stereocenters. The Hall–Kier alpha value is -2.93. The molecule has 29 heavy (non-hydrogen) atoms. The molecule has 0 bridgehead atoms. The van der Waals surface area contributed by atoms with Crippen LogP contribution in [0.1, 0.15) is 35.8 Å². The maximum atomic E-state index is 13.5. The number of benzene rings is 1. The van der Waals surface area contributed by atoms with Gasteiger partial charge in [-0.25, -0.2) is 9.78 Å². The summed E-state index contributed by atoms with van der Waals surface area (Å²) in [7, 11) is 0. The minimum Gasteiger partial charge on any atom is -0.464 e. The van der Waals surface area contributed by atoms with E-state index in [0.717, 1.165) is 23.3 Å². The fourth-order valence-corrected chi connectivity index (χ4v) is 4.10. The molecule has 4 rings (SSSR count). The maximum absolute atomic E-state index is 13.5. The number of hydrogen-bond donors (Lipinski definition) is 0. The van der Waals surface area contributed by atoms with Crippen LogP contribution in [-0.4, -0.2) is 40.5 Å². The molecule has 0 N–H and O–H groups in total. The Morgan fingerprint density at radius 1 is 1.24 bits per heavy atom. The standard InChI is InChI=1S/C22H22N2O4S/c1-2-27-22(26)17(13-15-7-4-3-5-8-15)24(16-10-11-16)21(25)19-20(28-14-23-19)18-9-6-12-29-18/h3-9,12,14,16-17H,2,10-11,13H2,1H3. The summed E-state index contributed by atoms with van der Waals surface area (Å²) in [5, 5.41) is 1.92. The van der Waals surface area contributed by atoms with E-state index in [4.69, 9.17) is 9.15 Å². The molecule has 0 saturated heterocycles. The molecule has 1 amide bonds. The first-order chi connectivity index (χ1) is 14.2. The van der Waals surface area contributed by atoms with E-state index >= 15 is 0 Å². The van der Waals surface area contributed by atoms with Gasteiger partial charge in [0.1, 0.15) is 6.04 Å². The van der Waals surface area contributed by atoms with Gasteiger partial charge in [-0.05, 0) is 36.8 Å². The van der Waals surface area contributed by atoms with E-state index in [9.17, 15) is 9.59 Å². The van der Waals surface area contributed by atoms with E-state index in [0.29, 0.717) is 12.2 Å². The molecule has 0 radical (unpaired) electrons. The Kier molecular flexibility index (Phi) is 5.76. The van der Waals surface area contributed by atoms with Crippen LogP contribution in [0.25, 0.3) is 10.6 Å². The lowest BCUT2D eigenvalue weighted by atomic mass is 10.0. The van der Waals surface area contributed by atoms with Gasteiger partial charge in [-0.3, -0.25) is 4.79 Å². The highest BCUT2D eigenvalue weighted by atomic mass is 32.1. The Labute approximate surface area is 173 Å². The molecule has 1 aromatic carbocycles. The fourth-order valence-electron chi connectivity index (χ4n) is 3.39. The number of aromatic nitrogens is 1. The second-order valence-corrected chi connectivity index (χ2v) is 7.86. The zero-order valence-electron chi connectivity index (χ0n) is 16.1. The van der Waals surface area contributed by atoms with E-state index in [2.05, 4.69) is 4.98 Å². The molecule has 2 aromatic heterocycles. The van der Waals surface area contributed by atoms with Crippen LogP contribution in [-0.2, 0) is 16.0 Å². The van der Waals surface area contributed by atoms with Gasteiger partial charge in [0.25, 0.3) is 5.91 Å². The molecule has 6 nitrogen and oxygen atoms in total. The molecule has 0 spiro atoms. The number of oxazole rings is 1. The van der Waals surface area contributed by atoms with Crippen LogP contribution < -0.4 is 0 Å². The molecule has 150 valence electrons. The highest BCUT2D eigenvalue weighted by Crippen LogP contribution is 2.34. The lowest BCUT2D eigenvalue weighted by molar-refractivity contribution is -0.148. The van der Waals surface area contributed by atoms with Gasteiger partial charge < -0.3 is 14.1 Å². The van der Waals surface area contributed by atoms with E-state index in [-0.39, 0.29) is 24.2 Å². The average molecular weight is 410 g/mol. The summed E-state index contributed by atoms with van der Waals surface area (Å²) in [5.74, 6) is -0.241. The number of nitrogens with zero attached hydrogens (tertiary/aromatic N) is 2. The van der Waals surface area contributed by atoms with Crippen LogP contribution in [0.15, 0.2) is 58.7 Å². The van der Waals surface area contributed by atoms with Crippen molar-refractivity contribution in [3.05, 3.63) is 65.5 Å². The number of thiophene rings is 1. The highest BCUT2D eigenvalue weighted by molar-refractivity contribution is 7.13. The topological polar surface area (TPSA) is 72.6 Å². The van der Waals surface area contributed by atoms with Gasteiger partial charge in [-0.15, -0.1) is 11.3 Å². The van der Waals surface area contributed by atoms with Crippen molar-refractivity contribution in [3.8, 4) is 10.6 Å². The maximum Gasteiger partial charge on any atom is 0.329 e. The first-order valence-corrected chi connectivity index (χ1v) is 10.6.